The van der Waals surface area contributed by atoms with Gasteiger partial charge in [0, 0.05) is 16.5 Å². The summed E-state index contributed by atoms with van der Waals surface area (Å²) in [6, 6.07) is 5.50. The minimum absolute atomic E-state index is 0.339. The zero-order chi connectivity index (χ0) is 13.7. The molecular formula is C13H14N2O2S2. The molecule has 0 aliphatic carbocycles. The van der Waals surface area contributed by atoms with Crippen molar-refractivity contribution in [1.29, 1.82) is 0 Å². The molecule has 1 aromatic heterocycles. The summed E-state index contributed by atoms with van der Waals surface area (Å²) < 4.78 is 0. The lowest BCUT2D eigenvalue weighted by Gasteiger charge is -2.11. The van der Waals surface area contributed by atoms with Gasteiger partial charge >= 0.3 is 5.97 Å². The first-order chi connectivity index (χ1) is 9.22. The van der Waals surface area contributed by atoms with Crippen LogP contribution in [0.25, 0.3) is 0 Å². The maximum absolute atomic E-state index is 11.4. The highest BCUT2D eigenvalue weighted by Crippen LogP contribution is 2.29. The van der Waals surface area contributed by atoms with Gasteiger partial charge in [0.2, 0.25) is 0 Å². The van der Waals surface area contributed by atoms with Crippen molar-refractivity contribution in [1.82, 2.24) is 4.98 Å². The minimum Gasteiger partial charge on any atom is -0.478 e. The van der Waals surface area contributed by atoms with E-state index in [0.29, 0.717) is 17.8 Å². The molecule has 1 heterocycles. The summed E-state index contributed by atoms with van der Waals surface area (Å²) in [7, 11) is 0. The van der Waals surface area contributed by atoms with Gasteiger partial charge in [0.15, 0.2) is 0 Å². The van der Waals surface area contributed by atoms with Gasteiger partial charge in [0.25, 0.3) is 0 Å². The lowest BCUT2D eigenvalue weighted by atomic mass is 10.2. The van der Waals surface area contributed by atoms with Crippen LogP contribution in [0.2, 0.25) is 0 Å². The molecular weight excluding hydrogens is 280 g/mol. The Hall–Kier alpha value is -1.53. The molecule has 100 valence electrons. The maximum atomic E-state index is 11.4. The number of benzene rings is 1. The Morgan fingerprint density at radius 2 is 2.37 bits per heavy atom. The molecule has 0 atom stereocenters. The van der Waals surface area contributed by atoms with Crippen molar-refractivity contribution in [2.24, 2.45) is 0 Å². The van der Waals surface area contributed by atoms with Crippen molar-refractivity contribution < 1.29 is 9.90 Å². The number of thiazole rings is 1. The standard InChI is InChI=1S/C13H14N2O2S2/c1-2-18-10-5-3-4-9(12(10)13(16)17)15-8-11-14-6-7-19-11/h3-7,15H,2,8H2,1H3,(H,16,17). The summed E-state index contributed by atoms with van der Waals surface area (Å²) in [5, 5.41) is 15.3. The lowest BCUT2D eigenvalue weighted by Crippen LogP contribution is -2.07. The number of nitrogens with one attached hydrogen (secondary N) is 1. The predicted octanol–water partition coefficient (Wildman–Crippen LogP) is 3.57. The molecule has 0 saturated heterocycles. The summed E-state index contributed by atoms with van der Waals surface area (Å²) in [5.41, 5.74) is 0.979. The smallest absolute Gasteiger partial charge is 0.338 e. The summed E-state index contributed by atoms with van der Waals surface area (Å²) in [4.78, 5) is 16.4. The van der Waals surface area contributed by atoms with Crippen LogP contribution in [0.15, 0.2) is 34.7 Å². The van der Waals surface area contributed by atoms with E-state index in [1.165, 1.54) is 11.8 Å². The molecule has 2 N–H and O–H groups in total. The van der Waals surface area contributed by atoms with Crippen LogP contribution in [0.5, 0.6) is 0 Å². The van der Waals surface area contributed by atoms with Gasteiger partial charge in [-0.2, -0.15) is 0 Å². The van der Waals surface area contributed by atoms with E-state index in [9.17, 15) is 9.90 Å². The van der Waals surface area contributed by atoms with Crippen molar-refractivity contribution >= 4 is 34.8 Å². The fraction of sp³-hybridized carbons (Fsp3) is 0.231. The van der Waals surface area contributed by atoms with E-state index in [1.54, 1.807) is 23.6 Å². The molecule has 4 nitrogen and oxygen atoms in total. The molecule has 0 bridgehead atoms. The van der Waals surface area contributed by atoms with Gasteiger partial charge in [-0.3, -0.25) is 0 Å². The van der Waals surface area contributed by atoms with E-state index in [4.69, 9.17) is 0 Å². The first kappa shape index (κ1) is 13.9. The van der Waals surface area contributed by atoms with E-state index < -0.39 is 5.97 Å². The Kier molecular flexibility index (Phi) is 4.81. The van der Waals surface area contributed by atoms with E-state index in [2.05, 4.69) is 10.3 Å². The molecule has 0 radical (unpaired) electrons. The fourth-order valence-corrected chi connectivity index (χ4v) is 3.07. The van der Waals surface area contributed by atoms with Gasteiger partial charge in [-0.15, -0.1) is 23.1 Å². The zero-order valence-corrected chi connectivity index (χ0v) is 12.1. The third-order valence-corrected chi connectivity index (χ3v) is 4.17. The number of carboxylic acids is 1. The van der Waals surface area contributed by atoms with Crippen LogP contribution in [-0.4, -0.2) is 21.8 Å². The Balaban J connectivity index is 2.23. The van der Waals surface area contributed by atoms with E-state index >= 15 is 0 Å². The summed E-state index contributed by atoms with van der Waals surface area (Å²) >= 11 is 3.08. The number of thioether (sulfide) groups is 1. The topological polar surface area (TPSA) is 62.2 Å². The molecule has 2 aromatic rings. The SMILES string of the molecule is CCSc1cccc(NCc2nccs2)c1C(=O)O. The second kappa shape index (κ2) is 6.58. The normalized spacial score (nSPS) is 10.4. The van der Waals surface area contributed by atoms with Gasteiger partial charge < -0.3 is 10.4 Å². The van der Waals surface area contributed by atoms with Crippen molar-refractivity contribution in [3.8, 4) is 0 Å². The number of nitrogens with zero attached hydrogens (tertiary/aromatic N) is 1. The Bertz CT molecular complexity index is 556. The molecule has 0 fully saturated rings. The minimum atomic E-state index is -0.904. The molecule has 0 unspecified atom stereocenters. The molecule has 0 saturated carbocycles. The quantitative estimate of drug-likeness (QED) is 0.798. The van der Waals surface area contributed by atoms with Crippen LogP contribution in [-0.2, 0) is 6.54 Å². The van der Waals surface area contributed by atoms with Crippen molar-refractivity contribution in [2.75, 3.05) is 11.1 Å². The van der Waals surface area contributed by atoms with Gasteiger partial charge in [-0.1, -0.05) is 13.0 Å². The molecule has 19 heavy (non-hydrogen) atoms. The average Bonchev–Trinajstić information content (AvgIpc) is 2.89. The number of rotatable bonds is 6. The first-order valence-electron chi connectivity index (χ1n) is 5.83. The fourth-order valence-electron chi connectivity index (χ4n) is 1.69. The number of hydrogen-bond acceptors (Lipinski definition) is 5. The van der Waals surface area contributed by atoms with Gasteiger partial charge in [-0.05, 0) is 17.9 Å². The lowest BCUT2D eigenvalue weighted by molar-refractivity contribution is 0.0694. The molecule has 0 aliphatic rings. The number of hydrogen-bond donors (Lipinski definition) is 2. The number of carbonyl (C=O) groups is 1. The zero-order valence-electron chi connectivity index (χ0n) is 10.4. The highest BCUT2D eigenvalue weighted by molar-refractivity contribution is 7.99. The summed E-state index contributed by atoms with van der Waals surface area (Å²) in [6.07, 6.45) is 1.74. The van der Waals surface area contributed by atoms with Gasteiger partial charge in [-0.25, -0.2) is 9.78 Å². The molecule has 6 heteroatoms. The van der Waals surface area contributed by atoms with Crippen LogP contribution >= 0.6 is 23.1 Å². The Labute approximate surface area is 119 Å². The number of aromatic nitrogens is 1. The van der Waals surface area contributed by atoms with Gasteiger partial charge in [0.1, 0.15) is 5.01 Å². The third kappa shape index (κ3) is 3.48. The average molecular weight is 294 g/mol. The monoisotopic (exact) mass is 294 g/mol. The molecule has 0 aliphatic heterocycles. The summed E-state index contributed by atoms with van der Waals surface area (Å²) in [6.45, 7) is 2.55. The molecule has 0 amide bonds. The van der Waals surface area contributed by atoms with Gasteiger partial charge in [0.05, 0.1) is 17.8 Å². The van der Waals surface area contributed by atoms with Crippen molar-refractivity contribution in [3.05, 3.63) is 40.3 Å². The van der Waals surface area contributed by atoms with Crippen LogP contribution in [0.3, 0.4) is 0 Å². The molecule has 2 rings (SSSR count). The third-order valence-electron chi connectivity index (χ3n) is 2.45. The van der Waals surface area contributed by atoms with Crippen molar-refractivity contribution in [3.63, 3.8) is 0 Å². The largest absolute Gasteiger partial charge is 0.478 e. The highest BCUT2D eigenvalue weighted by atomic mass is 32.2. The van der Waals surface area contributed by atoms with E-state index in [0.717, 1.165) is 15.7 Å². The summed E-state index contributed by atoms with van der Waals surface area (Å²) in [5.74, 6) is -0.0610. The van der Waals surface area contributed by atoms with Crippen LogP contribution in [0.4, 0.5) is 5.69 Å². The number of anilines is 1. The second-order valence-electron chi connectivity index (χ2n) is 3.70. The van der Waals surface area contributed by atoms with E-state index in [-0.39, 0.29) is 0 Å². The Morgan fingerprint density at radius 1 is 1.53 bits per heavy atom. The highest BCUT2D eigenvalue weighted by Gasteiger charge is 2.15. The first-order valence-corrected chi connectivity index (χ1v) is 7.70. The molecule has 1 aromatic carbocycles. The maximum Gasteiger partial charge on any atom is 0.338 e. The van der Waals surface area contributed by atoms with Crippen LogP contribution < -0.4 is 5.32 Å². The van der Waals surface area contributed by atoms with Crippen LogP contribution in [0.1, 0.15) is 22.3 Å². The predicted molar refractivity (Wildman–Crippen MR) is 79.2 cm³/mol. The van der Waals surface area contributed by atoms with E-state index in [1.807, 2.05) is 24.4 Å². The van der Waals surface area contributed by atoms with Crippen molar-refractivity contribution in [2.45, 2.75) is 18.4 Å². The molecule has 0 spiro atoms. The van der Waals surface area contributed by atoms with Crippen LogP contribution in [0, 0.1) is 0 Å². The Morgan fingerprint density at radius 3 is 3.00 bits per heavy atom. The second-order valence-corrected chi connectivity index (χ2v) is 5.98. The number of aromatic carboxylic acids is 1. The number of carboxylic acid groups (broad SMARTS) is 1.